The smallest absolute Gasteiger partial charge is 0.229 e. The lowest BCUT2D eigenvalue weighted by atomic mass is 10.3. The normalized spacial score (nSPS) is 9.57. The van der Waals surface area contributed by atoms with E-state index in [4.69, 9.17) is 4.74 Å². The van der Waals surface area contributed by atoms with E-state index >= 15 is 0 Å². The highest BCUT2D eigenvalue weighted by molar-refractivity contribution is 7.81. The number of methoxy groups -OCH3 is 1. The van der Waals surface area contributed by atoms with Crippen molar-refractivity contribution in [3.8, 4) is 5.88 Å². The van der Waals surface area contributed by atoms with Gasteiger partial charge in [0.1, 0.15) is 0 Å². The van der Waals surface area contributed by atoms with Gasteiger partial charge in [0.15, 0.2) is 0 Å². The standard InChI is InChI=1S/C9H12N2O2S/c1-13-9-3-2-7(5-11-9)4-10-8(12)6-14/h2-3,5,14H,4,6H2,1H3,(H,10,12). The fourth-order valence-corrected chi connectivity index (χ4v) is 1.00. The van der Waals surface area contributed by atoms with Crippen molar-refractivity contribution in [2.45, 2.75) is 6.54 Å². The van der Waals surface area contributed by atoms with Gasteiger partial charge in [0, 0.05) is 18.8 Å². The average Bonchev–Trinajstić information content (AvgIpc) is 2.26. The van der Waals surface area contributed by atoms with Crippen molar-refractivity contribution in [2.24, 2.45) is 0 Å². The molecule has 0 aliphatic rings. The number of thiol groups is 1. The van der Waals surface area contributed by atoms with Crippen molar-refractivity contribution in [1.29, 1.82) is 0 Å². The quantitative estimate of drug-likeness (QED) is 0.720. The Kier molecular flexibility index (Phi) is 4.25. The molecular weight excluding hydrogens is 200 g/mol. The topological polar surface area (TPSA) is 51.2 Å². The lowest BCUT2D eigenvalue weighted by Crippen LogP contribution is -2.23. The molecule has 0 saturated carbocycles. The minimum Gasteiger partial charge on any atom is -0.481 e. The molecule has 0 saturated heterocycles. The van der Waals surface area contributed by atoms with Gasteiger partial charge in [-0.2, -0.15) is 12.6 Å². The molecule has 0 aliphatic carbocycles. The summed E-state index contributed by atoms with van der Waals surface area (Å²) in [7, 11) is 1.56. The Morgan fingerprint density at radius 2 is 2.43 bits per heavy atom. The minimum atomic E-state index is -0.0934. The van der Waals surface area contributed by atoms with E-state index in [2.05, 4.69) is 22.9 Å². The second-order valence-corrected chi connectivity index (χ2v) is 2.96. The Labute approximate surface area is 88.1 Å². The molecule has 0 aromatic carbocycles. The highest BCUT2D eigenvalue weighted by atomic mass is 32.1. The molecule has 76 valence electrons. The molecule has 0 unspecified atom stereocenters. The highest BCUT2D eigenvalue weighted by Crippen LogP contribution is 2.05. The van der Waals surface area contributed by atoms with Crippen molar-refractivity contribution < 1.29 is 9.53 Å². The van der Waals surface area contributed by atoms with E-state index in [-0.39, 0.29) is 11.7 Å². The van der Waals surface area contributed by atoms with Crippen LogP contribution in [0.5, 0.6) is 5.88 Å². The third-order valence-corrected chi connectivity index (χ3v) is 1.93. The van der Waals surface area contributed by atoms with Crippen LogP contribution in [0.15, 0.2) is 18.3 Å². The molecule has 1 N–H and O–H groups in total. The summed E-state index contributed by atoms with van der Waals surface area (Å²) in [6.45, 7) is 0.469. The van der Waals surface area contributed by atoms with Gasteiger partial charge in [-0.3, -0.25) is 4.79 Å². The third-order valence-electron chi connectivity index (χ3n) is 1.64. The molecule has 14 heavy (non-hydrogen) atoms. The van der Waals surface area contributed by atoms with Crippen molar-refractivity contribution in [3.63, 3.8) is 0 Å². The zero-order valence-electron chi connectivity index (χ0n) is 7.86. The number of carbonyl (C=O) groups excluding carboxylic acids is 1. The molecule has 1 aromatic rings. The van der Waals surface area contributed by atoms with E-state index in [9.17, 15) is 4.79 Å². The number of amides is 1. The molecule has 1 heterocycles. The summed E-state index contributed by atoms with van der Waals surface area (Å²) in [5.41, 5.74) is 0.931. The van der Waals surface area contributed by atoms with Crippen LogP contribution in [0.25, 0.3) is 0 Å². The molecule has 1 amide bonds. The Hall–Kier alpha value is -1.23. The van der Waals surface area contributed by atoms with Crippen LogP contribution in [-0.4, -0.2) is 23.8 Å². The molecule has 0 spiro atoms. The SMILES string of the molecule is COc1ccc(CNC(=O)CS)cn1. The minimum absolute atomic E-state index is 0.0934. The van der Waals surface area contributed by atoms with E-state index in [0.29, 0.717) is 12.4 Å². The summed E-state index contributed by atoms with van der Waals surface area (Å²) in [5.74, 6) is 0.669. The summed E-state index contributed by atoms with van der Waals surface area (Å²) in [5, 5.41) is 2.69. The number of ether oxygens (including phenoxy) is 1. The number of nitrogens with one attached hydrogen (secondary N) is 1. The third kappa shape index (κ3) is 3.26. The van der Waals surface area contributed by atoms with Gasteiger partial charge in [-0.15, -0.1) is 0 Å². The monoisotopic (exact) mass is 212 g/mol. The van der Waals surface area contributed by atoms with Gasteiger partial charge in [-0.25, -0.2) is 4.98 Å². The first kappa shape index (κ1) is 10.8. The number of pyridine rings is 1. The molecule has 0 aliphatic heterocycles. The molecule has 0 atom stereocenters. The summed E-state index contributed by atoms with van der Waals surface area (Å²) in [6, 6.07) is 3.60. The maximum atomic E-state index is 10.9. The van der Waals surface area contributed by atoms with Gasteiger partial charge in [0.25, 0.3) is 0 Å². The Morgan fingerprint density at radius 1 is 1.64 bits per heavy atom. The summed E-state index contributed by atoms with van der Waals surface area (Å²) >= 11 is 3.85. The molecule has 5 heteroatoms. The van der Waals surface area contributed by atoms with Crippen LogP contribution in [0, 0.1) is 0 Å². The average molecular weight is 212 g/mol. The number of hydrogen-bond acceptors (Lipinski definition) is 4. The van der Waals surface area contributed by atoms with Crippen LogP contribution in [0.2, 0.25) is 0 Å². The molecule has 1 rings (SSSR count). The second-order valence-electron chi connectivity index (χ2n) is 2.64. The molecular formula is C9H12N2O2S. The molecule has 0 fully saturated rings. The van der Waals surface area contributed by atoms with Crippen LogP contribution in [0.1, 0.15) is 5.56 Å². The van der Waals surface area contributed by atoms with Crippen molar-refractivity contribution >= 4 is 18.5 Å². The van der Waals surface area contributed by atoms with Crippen LogP contribution < -0.4 is 10.1 Å². The maximum absolute atomic E-state index is 10.9. The van der Waals surface area contributed by atoms with Crippen molar-refractivity contribution in [1.82, 2.24) is 10.3 Å². The molecule has 4 nitrogen and oxygen atoms in total. The first-order chi connectivity index (χ1) is 6.76. The number of aromatic nitrogens is 1. The van der Waals surface area contributed by atoms with Crippen LogP contribution >= 0.6 is 12.6 Å². The fraction of sp³-hybridized carbons (Fsp3) is 0.333. The molecule has 0 bridgehead atoms. The summed E-state index contributed by atoms with van der Waals surface area (Å²) in [4.78, 5) is 14.9. The van der Waals surface area contributed by atoms with E-state index < -0.39 is 0 Å². The molecule has 1 aromatic heterocycles. The van der Waals surface area contributed by atoms with Gasteiger partial charge in [0.2, 0.25) is 11.8 Å². The first-order valence-corrected chi connectivity index (χ1v) is 4.76. The first-order valence-electron chi connectivity index (χ1n) is 4.12. The summed E-state index contributed by atoms with van der Waals surface area (Å²) < 4.78 is 4.91. The van der Waals surface area contributed by atoms with Crippen LogP contribution in [0.3, 0.4) is 0 Å². The Morgan fingerprint density at radius 3 is 2.93 bits per heavy atom. The van der Waals surface area contributed by atoms with Gasteiger partial charge < -0.3 is 10.1 Å². The van der Waals surface area contributed by atoms with Crippen molar-refractivity contribution in [2.75, 3.05) is 12.9 Å². The van der Waals surface area contributed by atoms with Crippen LogP contribution in [0.4, 0.5) is 0 Å². The van der Waals surface area contributed by atoms with E-state index in [1.807, 2.05) is 6.07 Å². The predicted octanol–water partition coefficient (Wildman–Crippen LogP) is 0.636. The zero-order chi connectivity index (χ0) is 10.4. The summed E-state index contributed by atoms with van der Waals surface area (Å²) in [6.07, 6.45) is 1.66. The second kappa shape index (κ2) is 5.49. The van der Waals surface area contributed by atoms with E-state index in [0.717, 1.165) is 5.56 Å². The van der Waals surface area contributed by atoms with Gasteiger partial charge in [0.05, 0.1) is 12.9 Å². The van der Waals surface area contributed by atoms with Gasteiger partial charge >= 0.3 is 0 Å². The molecule has 0 radical (unpaired) electrons. The number of nitrogens with zero attached hydrogens (tertiary/aromatic N) is 1. The number of hydrogen-bond donors (Lipinski definition) is 2. The Bertz CT molecular complexity index is 300. The van der Waals surface area contributed by atoms with E-state index in [1.54, 1.807) is 19.4 Å². The number of rotatable bonds is 4. The van der Waals surface area contributed by atoms with E-state index in [1.165, 1.54) is 0 Å². The maximum Gasteiger partial charge on any atom is 0.229 e. The lowest BCUT2D eigenvalue weighted by Gasteiger charge is -2.03. The van der Waals surface area contributed by atoms with Crippen LogP contribution in [-0.2, 0) is 11.3 Å². The van der Waals surface area contributed by atoms with Gasteiger partial charge in [-0.05, 0) is 5.56 Å². The highest BCUT2D eigenvalue weighted by Gasteiger charge is 1.98. The fourth-order valence-electron chi connectivity index (χ4n) is 0.893. The predicted molar refractivity (Wildman–Crippen MR) is 56.5 cm³/mol. The van der Waals surface area contributed by atoms with Gasteiger partial charge in [-0.1, -0.05) is 6.07 Å². The number of carbonyl (C=O) groups is 1. The van der Waals surface area contributed by atoms with Crippen molar-refractivity contribution in [3.05, 3.63) is 23.9 Å². The largest absolute Gasteiger partial charge is 0.481 e. The lowest BCUT2D eigenvalue weighted by molar-refractivity contribution is -0.118. The zero-order valence-corrected chi connectivity index (χ0v) is 8.75. The Balaban J connectivity index is 2.47.